The van der Waals surface area contributed by atoms with Crippen molar-refractivity contribution in [2.75, 3.05) is 44.7 Å². The summed E-state index contributed by atoms with van der Waals surface area (Å²) in [5.41, 5.74) is 1.87. The van der Waals surface area contributed by atoms with Gasteiger partial charge < -0.3 is 15.4 Å². The number of para-hydroxylation sites is 1. The van der Waals surface area contributed by atoms with E-state index in [2.05, 4.69) is 20.5 Å². The number of thiocarbonyl (C=S) groups is 1. The predicted molar refractivity (Wildman–Crippen MR) is 93.2 cm³/mol. The molecule has 2 heterocycles. The number of benzene rings is 1. The molecule has 1 aromatic heterocycles. The second-order valence-electron chi connectivity index (χ2n) is 5.22. The van der Waals surface area contributed by atoms with Crippen molar-refractivity contribution in [2.24, 2.45) is 0 Å². The Morgan fingerprint density at radius 3 is 2.91 bits per heavy atom. The lowest BCUT2D eigenvalue weighted by Gasteiger charge is -2.26. The van der Waals surface area contributed by atoms with Crippen LogP contribution in [0.15, 0.2) is 36.5 Å². The molecule has 0 spiro atoms. The topological polar surface area (TPSA) is 49.4 Å². The van der Waals surface area contributed by atoms with Crippen LogP contribution in [0.25, 0.3) is 10.9 Å². The van der Waals surface area contributed by atoms with Gasteiger partial charge in [-0.05, 0) is 24.4 Å². The van der Waals surface area contributed by atoms with E-state index in [0.717, 1.165) is 56.0 Å². The summed E-state index contributed by atoms with van der Waals surface area (Å²) in [5.74, 6) is 0. The normalized spacial score (nSPS) is 15.6. The molecule has 0 amide bonds. The summed E-state index contributed by atoms with van der Waals surface area (Å²) in [6.07, 6.45) is 1.79. The standard InChI is InChI=1S/C16H20N4OS/c22-16(18-7-8-20-9-11-21-12-10-20)19-14-5-1-3-13-4-2-6-17-15(13)14/h1-6H,7-12H2,(H2,18,19,22). The summed E-state index contributed by atoms with van der Waals surface area (Å²) in [6, 6.07) is 10.0. The second-order valence-corrected chi connectivity index (χ2v) is 5.62. The van der Waals surface area contributed by atoms with Crippen molar-refractivity contribution in [3.8, 4) is 0 Å². The summed E-state index contributed by atoms with van der Waals surface area (Å²) in [6.45, 7) is 5.43. The molecule has 0 unspecified atom stereocenters. The van der Waals surface area contributed by atoms with E-state index in [1.165, 1.54) is 0 Å². The van der Waals surface area contributed by atoms with E-state index in [4.69, 9.17) is 17.0 Å². The molecule has 1 aliphatic rings. The van der Waals surface area contributed by atoms with Gasteiger partial charge in [-0.2, -0.15) is 0 Å². The molecule has 1 fully saturated rings. The van der Waals surface area contributed by atoms with Crippen molar-refractivity contribution >= 4 is 33.9 Å². The first-order valence-electron chi connectivity index (χ1n) is 7.51. The van der Waals surface area contributed by atoms with Gasteiger partial charge in [-0.25, -0.2) is 0 Å². The van der Waals surface area contributed by atoms with Gasteiger partial charge in [0.25, 0.3) is 0 Å². The summed E-state index contributed by atoms with van der Waals surface area (Å²) >= 11 is 5.37. The lowest BCUT2D eigenvalue weighted by atomic mass is 10.2. The Morgan fingerprint density at radius 1 is 1.23 bits per heavy atom. The predicted octanol–water partition coefficient (Wildman–Crippen LogP) is 1.85. The molecule has 0 saturated carbocycles. The van der Waals surface area contributed by atoms with Crippen molar-refractivity contribution in [2.45, 2.75) is 0 Å². The highest BCUT2D eigenvalue weighted by molar-refractivity contribution is 7.80. The van der Waals surface area contributed by atoms with Crippen LogP contribution in [0.2, 0.25) is 0 Å². The summed E-state index contributed by atoms with van der Waals surface area (Å²) in [5, 5.41) is 8.22. The minimum Gasteiger partial charge on any atom is -0.379 e. The van der Waals surface area contributed by atoms with Gasteiger partial charge in [0, 0.05) is 37.8 Å². The van der Waals surface area contributed by atoms with Crippen LogP contribution in [0.5, 0.6) is 0 Å². The first-order valence-corrected chi connectivity index (χ1v) is 7.92. The molecule has 3 rings (SSSR count). The number of hydrogen-bond acceptors (Lipinski definition) is 4. The van der Waals surface area contributed by atoms with E-state index in [1.54, 1.807) is 6.20 Å². The first kappa shape index (κ1) is 15.1. The lowest BCUT2D eigenvalue weighted by Crippen LogP contribution is -2.42. The van der Waals surface area contributed by atoms with Crippen LogP contribution < -0.4 is 10.6 Å². The van der Waals surface area contributed by atoms with Gasteiger partial charge >= 0.3 is 0 Å². The average molecular weight is 316 g/mol. The number of rotatable bonds is 4. The Labute approximate surface area is 135 Å². The second kappa shape index (κ2) is 7.49. The number of nitrogens with zero attached hydrogens (tertiary/aromatic N) is 2. The number of morpholine rings is 1. The number of nitrogens with one attached hydrogen (secondary N) is 2. The van der Waals surface area contributed by atoms with Gasteiger partial charge in [-0.15, -0.1) is 0 Å². The fourth-order valence-corrected chi connectivity index (χ4v) is 2.74. The fourth-order valence-electron chi connectivity index (χ4n) is 2.52. The highest BCUT2D eigenvalue weighted by atomic mass is 32.1. The molecular weight excluding hydrogens is 296 g/mol. The molecule has 116 valence electrons. The number of pyridine rings is 1. The van der Waals surface area contributed by atoms with E-state index in [0.29, 0.717) is 5.11 Å². The summed E-state index contributed by atoms with van der Waals surface area (Å²) < 4.78 is 5.34. The first-order chi connectivity index (χ1) is 10.8. The zero-order valence-electron chi connectivity index (χ0n) is 12.4. The van der Waals surface area contributed by atoms with Crippen LogP contribution in [-0.2, 0) is 4.74 Å². The van der Waals surface area contributed by atoms with E-state index in [-0.39, 0.29) is 0 Å². The van der Waals surface area contributed by atoms with E-state index in [1.807, 2.05) is 30.3 Å². The van der Waals surface area contributed by atoms with Crippen LogP contribution in [0.1, 0.15) is 0 Å². The van der Waals surface area contributed by atoms with Crippen molar-refractivity contribution in [1.29, 1.82) is 0 Å². The lowest BCUT2D eigenvalue weighted by molar-refractivity contribution is 0.0389. The highest BCUT2D eigenvalue weighted by Gasteiger charge is 2.09. The number of hydrogen-bond donors (Lipinski definition) is 2. The van der Waals surface area contributed by atoms with Crippen molar-refractivity contribution in [1.82, 2.24) is 15.2 Å². The maximum absolute atomic E-state index is 5.37. The average Bonchev–Trinajstić information content (AvgIpc) is 2.56. The molecule has 0 atom stereocenters. The minimum atomic E-state index is 0.631. The van der Waals surface area contributed by atoms with Gasteiger partial charge in [0.05, 0.1) is 24.4 Å². The minimum absolute atomic E-state index is 0.631. The molecule has 1 saturated heterocycles. The molecular formula is C16H20N4OS. The third-order valence-corrected chi connectivity index (χ3v) is 3.94. The Balaban J connectivity index is 1.52. The Bertz CT molecular complexity index is 638. The van der Waals surface area contributed by atoms with Crippen molar-refractivity contribution < 1.29 is 4.74 Å². The summed E-state index contributed by atoms with van der Waals surface area (Å²) in [4.78, 5) is 6.79. The van der Waals surface area contributed by atoms with Crippen LogP contribution in [0.3, 0.4) is 0 Å². The van der Waals surface area contributed by atoms with E-state index >= 15 is 0 Å². The summed E-state index contributed by atoms with van der Waals surface area (Å²) in [7, 11) is 0. The maximum Gasteiger partial charge on any atom is 0.170 e. The van der Waals surface area contributed by atoms with Crippen LogP contribution in [0.4, 0.5) is 5.69 Å². The maximum atomic E-state index is 5.37. The van der Waals surface area contributed by atoms with Gasteiger partial charge in [0.1, 0.15) is 0 Å². The molecule has 2 aromatic rings. The quantitative estimate of drug-likeness (QED) is 0.840. The Hall–Kier alpha value is -1.76. The molecule has 1 aliphatic heterocycles. The molecule has 0 bridgehead atoms. The Kier molecular flexibility index (Phi) is 5.15. The van der Waals surface area contributed by atoms with E-state index < -0.39 is 0 Å². The molecule has 6 heteroatoms. The third-order valence-electron chi connectivity index (χ3n) is 3.70. The number of aromatic nitrogens is 1. The van der Waals surface area contributed by atoms with Crippen LogP contribution >= 0.6 is 12.2 Å². The smallest absolute Gasteiger partial charge is 0.170 e. The molecule has 22 heavy (non-hydrogen) atoms. The Morgan fingerprint density at radius 2 is 2.05 bits per heavy atom. The number of fused-ring (bicyclic) bond motifs is 1. The van der Waals surface area contributed by atoms with Gasteiger partial charge in [-0.3, -0.25) is 9.88 Å². The molecule has 2 N–H and O–H groups in total. The van der Waals surface area contributed by atoms with Crippen LogP contribution in [-0.4, -0.2) is 54.4 Å². The SMILES string of the molecule is S=C(NCCN1CCOCC1)Nc1cccc2cccnc12. The van der Waals surface area contributed by atoms with Crippen LogP contribution in [0, 0.1) is 0 Å². The van der Waals surface area contributed by atoms with Gasteiger partial charge in [0.15, 0.2) is 5.11 Å². The largest absolute Gasteiger partial charge is 0.379 e. The zero-order chi connectivity index (χ0) is 15.2. The molecule has 5 nitrogen and oxygen atoms in total. The molecule has 0 aliphatic carbocycles. The van der Waals surface area contributed by atoms with Crippen molar-refractivity contribution in [3.63, 3.8) is 0 Å². The van der Waals surface area contributed by atoms with Gasteiger partial charge in [-0.1, -0.05) is 18.2 Å². The molecule has 0 radical (unpaired) electrons. The third kappa shape index (κ3) is 3.91. The number of ether oxygens (including phenoxy) is 1. The zero-order valence-corrected chi connectivity index (χ0v) is 13.2. The monoisotopic (exact) mass is 316 g/mol. The van der Waals surface area contributed by atoms with Crippen molar-refractivity contribution in [3.05, 3.63) is 36.5 Å². The van der Waals surface area contributed by atoms with Gasteiger partial charge in [0.2, 0.25) is 0 Å². The highest BCUT2D eigenvalue weighted by Crippen LogP contribution is 2.20. The van der Waals surface area contributed by atoms with E-state index in [9.17, 15) is 0 Å². The number of anilines is 1. The fraction of sp³-hybridized carbons (Fsp3) is 0.375. The molecule has 1 aromatic carbocycles.